The van der Waals surface area contributed by atoms with Gasteiger partial charge in [-0.15, -0.1) is 0 Å². The van der Waals surface area contributed by atoms with Crippen LogP contribution in [0.2, 0.25) is 0 Å². The SMILES string of the molecule is Cc1cc(C)n(-c2cncc(NCC(C)(O)C(=O)O)n2)n1. The molecule has 0 bridgehead atoms. The number of carboxylic acid groups (broad SMARTS) is 1. The van der Waals surface area contributed by atoms with Gasteiger partial charge >= 0.3 is 5.97 Å². The first kappa shape index (κ1) is 14.9. The van der Waals surface area contributed by atoms with Crippen LogP contribution in [0.1, 0.15) is 18.3 Å². The van der Waals surface area contributed by atoms with Crippen molar-refractivity contribution in [3.63, 3.8) is 0 Å². The summed E-state index contributed by atoms with van der Waals surface area (Å²) in [6.07, 6.45) is 3.01. The van der Waals surface area contributed by atoms with Crippen LogP contribution in [-0.4, -0.2) is 48.1 Å². The van der Waals surface area contributed by atoms with Gasteiger partial charge in [-0.05, 0) is 26.8 Å². The zero-order chi connectivity index (χ0) is 15.6. The fourth-order valence-corrected chi connectivity index (χ4v) is 1.74. The van der Waals surface area contributed by atoms with Gasteiger partial charge in [-0.1, -0.05) is 0 Å². The van der Waals surface area contributed by atoms with Crippen molar-refractivity contribution in [3.05, 3.63) is 29.8 Å². The Kier molecular flexibility index (Phi) is 3.90. The maximum Gasteiger partial charge on any atom is 0.337 e. The molecule has 8 nitrogen and oxygen atoms in total. The van der Waals surface area contributed by atoms with Crippen LogP contribution >= 0.6 is 0 Å². The summed E-state index contributed by atoms with van der Waals surface area (Å²) in [6, 6.07) is 1.91. The Labute approximate surface area is 121 Å². The van der Waals surface area contributed by atoms with Crippen molar-refractivity contribution in [1.29, 1.82) is 0 Å². The molecule has 3 N–H and O–H groups in total. The molecule has 2 aromatic heterocycles. The van der Waals surface area contributed by atoms with Crippen LogP contribution in [0.15, 0.2) is 18.5 Å². The molecule has 0 fully saturated rings. The second-order valence-corrected chi connectivity index (χ2v) is 5.03. The number of carboxylic acids is 1. The van der Waals surface area contributed by atoms with Gasteiger partial charge in [-0.3, -0.25) is 4.98 Å². The van der Waals surface area contributed by atoms with E-state index in [1.807, 2.05) is 19.9 Å². The molecular weight excluding hydrogens is 274 g/mol. The molecule has 0 radical (unpaired) electrons. The van der Waals surface area contributed by atoms with E-state index in [2.05, 4.69) is 20.4 Å². The summed E-state index contributed by atoms with van der Waals surface area (Å²) in [4.78, 5) is 19.2. The molecule has 1 unspecified atom stereocenters. The maximum absolute atomic E-state index is 10.8. The molecule has 1 atom stereocenters. The third-order valence-electron chi connectivity index (χ3n) is 2.92. The second-order valence-electron chi connectivity index (χ2n) is 5.03. The lowest BCUT2D eigenvalue weighted by Gasteiger charge is -2.18. The molecule has 21 heavy (non-hydrogen) atoms. The van der Waals surface area contributed by atoms with Crippen molar-refractivity contribution in [1.82, 2.24) is 19.7 Å². The standard InChI is InChI=1S/C13H17N5O3/c1-8-4-9(2)18(17-8)11-6-14-5-10(16-11)15-7-13(3,21)12(19)20/h4-6,21H,7H2,1-3H3,(H,15,16)(H,19,20). The number of anilines is 1. The predicted octanol–water partition coefficient (Wildman–Crippen LogP) is 0.527. The highest BCUT2D eigenvalue weighted by Gasteiger charge is 2.29. The van der Waals surface area contributed by atoms with Gasteiger partial charge in [-0.25, -0.2) is 14.5 Å². The van der Waals surface area contributed by atoms with E-state index in [-0.39, 0.29) is 6.54 Å². The lowest BCUT2D eigenvalue weighted by molar-refractivity contribution is -0.155. The monoisotopic (exact) mass is 291 g/mol. The summed E-state index contributed by atoms with van der Waals surface area (Å²) >= 11 is 0. The molecular formula is C13H17N5O3. The number of carbonyl (C=O) groups is 1. The van der Waals surface area contributed by atoms with E-state index in [4.69, 9.17) is 5.11 Å². The van der Waals surface area contributed by atoms with E-state index in [1.165, 1.54) is 13.1 Å². The van der Waals surface area contributed by atoms with Crippen LogP contribution in [0.3, 0.4) is 0 Å². The van der Waals surface area contributed by atoms with E-state index >= 15 is 0 Å². The normalized spacial score (nSPS) is 13.7. The van der Waals surface area contributed by atoms with E-state index in [0.29, 0.717) is 11.6 Å². The zero-order valence-electron chi connectivity index (χ0n) is 12.0. The molecule has 0 saturated heterocycles. The molecule has 8 heteroatoms. The van der Waals surface area contributed by atoms with Crippen LogP contribution in [-0.2, 0) is 4.79 Å². The predicted molar refractivity (Wildman–Crippen MR) is 75.4 cm³/mol. The molecule has 0 aliphatic rings. The summed E-state index contributed by atoms with van der Waals surface area (Å²) in [7, 11) is 0. The van der Waals surface area contributed by atoms with Gasteiger partial charge < -0.3 is 15.5 Å². The topological polar surface area (TPSA) is 113 Å². The highest BCUT2D eigenvalue weighted by atomic mass is 16.4. The van der Waals surface area contributed by atoms with Crippen molar-refractivity contribution in [2.75, 3.05) is 11.9 Å². The molecule has 2 aromatic rings. The average Bonchev–Trinajstić information content (AvgIpc) is 2.76. The first-order valence-electron chi connectivity index (χ1n) is 6.35. The third kappa shape index (κ3) is 3.34. The quantitative estimate of drug-likeness (QED) is 0.736. The molecule has 0 aromatic carbocycles. The minimum Gasteiger partial charge on any atom is -0.479 e. The van der Waals surface area contributed by atoms with Gasteiger partial charge in [-0.2, -0.15) is 5.10 Å². The summed E-state index contributed by atoms with van der Waals surface area (Å²) in [6.45, 7) is 4.80. The molecule has 2 heterocycles. The number of hydrogen-bond acceptors (Lipinski definition) is 6. The number of aryl methyl sites for hydroxylation is 2. The Morgan fingerprint density at radius 2 is 2.14 bits per heavy atom. The van der Waals surface area contributed by atoms with Crippen molar-refractivity contribution in [2.24, 2.45) is 0 Å². The van der Waals surface area contributed by atoms with Gasteiger partial charge in [0, 0.05) is 5.69 Å². The van der Waals surface area contributed by atoms with Gasteiger partial charge in [0.1, 0.15) is 5.82 Å². The first-order valence-corrected chi connectivity index (χ1v) is 6.35. The minimum atomic E-state index is -1.88. The van der Waals surface area contributed by atoms with E-state index in [1.54, 1.807) is 10.9 Å². The highest BCUT2D eigenvalue weighted by molar-refractivity contribution is 5.77. The summed E-state index contributed by atoms with van der Waals surface area (Å²) in [5.41, 5.74) is -0.103. The number of nitrogens with one attached hydrogen (secondary N) is 1. The highest BCUT2D eigenvalue weighted by Crippen LogP contribution is 2.12. The van der Waals surface area contributed by atoms with Crippen LogP contribution in [0.25, 0.3) is 5.82 Å². The molecule has 0 aliphatic carbocycles. The lowest BCUT2D eigenvalue weighted by atomic mass is 10.1. The maximum atomic E-state index is 10.8. The van der Waals surface area contributed by atoms with Gasteiger partial charge in [0.25, 0.3) is 0 Å². The van der Waals surface area contributed by atoms with Crippen molar-refractivity contribution >= 4 is 11.8 Å². The second kappa shape index (κ2) is 5.49. The fourth-order valence-electron chi connectivity index (χ4n) is 1.74. The van der Waals surface area contributed by atoms with Crippen molar-refractivity contribution < 1.29 is 15.0 Å². The Balaban J connectivity index is 2.19. The molecule has 0 aliphatic heterocycles. The molecule has 112 valence electrons. The summed E-state index contributed by atoms with van der Waals surface area (Å²) in [5, 5.41) is 25.6. The molecule has 0 saturated carbocycles. The minimum absolute atomic E-state index is 0.183. The number of nitrogens with zero attached hydrogens (tertiary/aromatic N) is 4. The average molecular weight is 291 g/mol. The first-order chi connectivity index (χ1) is 9.79. The smallest absolute Gasteiger partial charge is 0.337 e. The number of aliphatic carboxylic acids is 1. The van der Waals surface area contributed by atoms with Gasteiger partial charge in [0.15, 0.2) is 11.4 Å². The lowest BCUT2D eigenvalue weighted by Crippen LogP contribution is -2.42. The van der Waals surface area contributed by atoms with Crippen molar-refractivity contribution in [3.8, 4) is 5.82 Å². The largest absolute Gasteiger partial charge is 0.479 e. The van der Waals surface area contributed by atoms with E-state index < -0.39 is 11.6 Å². The van der Waals surface area contributed by atoms with E-state index in [0.717, 1.165) is 11.4 Å². The molecule has 0 amide bonds. The van der Waals surface area contributed by atoms with Crippen molar-refractivity contribution in [2.45, 2.75) is 26.4 Å². The van der Waals surface area contributed by atoms with Crippen LogP contribution in [0.5, 0.6) is 0 Å². The molecule has 2 rings (SSSR count). The third-order valence-corrected chi connectivity index (χ3v) is 2.92. The van der Waals surface area contributed by atoms with Crippen LogP contribution in [0, 0.1) is 13.8 Å². The van der Waals surface area contributed by atoms with Gasteiger partial charge in [0.2, 0.25) is 0 Å². The Bertz CT molecular complexity index is 666. The van der Waals surface area contributed by atoms with E-state index in [9.17, 15) is 9.90 Å². The zero-order valence-corrected chi connectivity index (χ0v) is 12.0. The number of rotatable bonds is 5. The summed E-state index contributed by atoms with van der Waals surface area (Å²) in [5.74, 6) is -0.431. The Morgan fingerprint density at radius 1 is 1.43 bits per heavy atom. The number of aliphatic hydroxyl groups is 1. The molecule has 0 spiro atoms. The number of aromatic nitrogens is 4. The Hall–Kier alpha value is -2.48. The summed E-state index contributed by atoms with van der Waals surface area (Å²) < 4.78 is 1.64. The Morgan fingerprint density at radius 3 is 2.71 bits per heavy atom. The van der Waals surface area contributed by atoms with Crippen LogP contribution in [0.4, 0.5) is 5.82 Å². The van der Waals surface area contributed by atoms with Gasteiger partial charge in [0.05, 0.1) is 24.6 Å². The number of hydrogen-bond donors (Lipinski definition) is 3. The fraction of sp³-hybridized carbons (Fsp3) is 0.385. The van der Waals surface area contributed by atoms with Crippen LogP contribution < -0.4 is 5.32 Å².